The van der Waals surface area contributed by atoms with Crippen molar-refractivity contribution in [2.45, 2.75) is 65.1 Å². The van der Waals surface area contributed by atoms with Gasteiger partial charge in [0.1, 0.15) is 24.3 Å². The SMILES string of the molecule is CCOc1ccc(-c2c(C(O)OCC)n(CC3CCC(F)CC3)c3ccc(OCc4ccccc4)cc23)cc1. The van der Waals surface area contributed by atoms with Gasteiger partial charge in [-0.15, -0.1) is 0 Å². The van der Waals surface area contributed by atoms with E-state index in [2.05, 4.69) is 16.7 Å². The summed E-state index contributed by atoms with van der Waals surface area (Å²) < 4.78 is 33.8. The summed E-state index contributed by atoms with van der Waals surface area (Å²) in [6.07, 6.45) is 1.05. The highest BCUT2D eigenvalue weighted by atomic mass is 19.1. The molecule has 0 spiro atoms. The second kappa shape index (κ2) is 12.7. The standard InChI is InChI=1S/C33H38FNO4/c1-3-37-27-16-12-25(13-17-27)31-29-20-28(39-22-24-8-6-5-7-9-24)18-19-30(29)35(32(31)33(36)38-4-2)21-23-10-14-26(34)15-11-23/h5-9,12-13,16-20,23,26,33,36H,3-4,10-11,14-15,21-22H2,1-2H3. The molecular weight excluding hydrogens is 493 g/mol. The number of ether oxygens (including phenoxy) is 3. The molecule has 1 heterocycles. The minimum Gasteiger partial charge on any atom is -0.494 e. The molecule has 1 saturated carbocycles. The summed E-state index contributed by atoms with van der Waals surface area (Å²) in [5.74, 6) is 1.89. The lowest BCUT2D eigenvalue weighted by atomic mass is 9.88. The Balaban J connectivity index is 1.61. The zero-order valence-corrected chi connectivity index (χ0v) is 22.8. The summed E-state index contributed by atoms with van der Waals surface area (Å²) >= 11 is 0. The van der Waals surface area contributed by atoms with E-state index in [1.54, 1.807) is 0 Å². The van der Waals surface area contributed by atoms with E-state index in [1.807, 2.05) is 74.5 Å². The lowest BCUT2D eigenvalue weighted by Crippen LogP contribution is -2.21. The highest BCUT2D eigenvalue weighted by molar-refractivity contribution is 5.99. The molecule has 0 aliphatic heterocycles. The first kappa shape index (κ1) is 27.2. The smallest absolute Gasteiger partial charge is 0.197 e. The first-order chi connectivity index (χ1) is 19.1. The fraction of sp³-hybridized carbons (Fsp3) is 0.394. The van der Waals surface area contributed by atoms with Crippen molar-refractivity contribution in [2.24, 2.45) is 5.92 Å². The van der Waals surface area contributed by atoms with E-state index < -0.39 is 12.5 Å². The number of benzene rings is 3. The van der Waals surface area contributed by atoms with Crippen molar-refractivity contribution < 1.29 is 23.7 Å². The van der Waals surface area contributed by atoms with Crippen LogP contribution >= 0.6 is 0 Å². The Bertz CT molecular complexity index is 1340. The average Bonchev–Trinajstić information content (AvgIpc) is 3.27. The van der Waals surface area contributed by atoms with Crippen LogP contribution in [-0.4, -0.2) is 29.1 Å². The van der Waals surface area contributed by atoms with E-state index in [0.717, 1.165) is 57.6 Å². The number of hydrogen-bond acceptors (Lipinski definition) is 4. The van der Waals surface area contributed by atoms with Crippen molar-refractivity contribution in [1.29, 1.82) is 0 Å². The zero-order chi connectivity index (χ0) is 27.2. The Hall–Kier alpha value is -3.35. The van der Waals surface area contributed by atoms with Crippen molar-refractivity contribution in [2.75, 3.05) is 13.2 Å². The number of halogens is 1. The van der Waals surface area contributed by atoms with Gasteiger partial charge in [0, 0.05) is 29.6 Å². The first-order valence-electron chi connectivity index (χ1n) is 14.1. The first-order valence-corrected chi connectivity index (χ1v) is 14.1. The summed E-state index contributed by atoms with van der Waals surface area (Å²) in [4.78, 5) is 0. The van der Waals surface area contributed by atoms with Gasteiger partial charge in [-0.3, -0.25) is 0 Å². The van der Waals surface area contributed by atoms with E-state index in [1.165, 1.54) is 0 Å². The van der Waals surface area contributed by atoms with Crippen LogP contribution in [0.2, 0.25) is 0 Å². The molecule has 0 amide bonds. The van der Waals surface area contributed by atoms with E-state index in [0.29, 0.717) is 45.1 Å². The number of aliphatic hydroxyl groups excluding tert-OH is 1. The number of hydrogen-bond donors (Lipinski definition) is 1. The third-order valence-electron chi connectivity index (χ3n) is 7.55. The number of rotatable bonds is 11. The van der Waals surface area contributed by atoms with Gasteiger partial charge in [0.25, 0.3) is 0 Å². The molecule has 0 saturated heterocycles. The second-order valence-electron chi connectivity index (χ2n) is 10.2. The van der Waals surface area contributed by atoms with Crippen LogP contribution in [0.15, 0.2) is 72.8 Å². The molecule has 1 aliphatic carbocycles. The summed E-state index contributed by atoms with van der Waals surface area (Å²) in [6, 6.07) is 24.2. The molecule has 0 bridgehead atoms. The van der Waals surface area contributed by atoms with Gasteiger partial charge in [-0.1, -0.05) is 42.5 Å². The fourth-order valence-electron chi connectivity index (χ4n) is 5.62. The molecule has 6 heteroatoms. The summed E-state index contributed by atoms with van der Waals surface area (Å²) in [6.45, 7) is 5.98. The number of nitrogens with zero attached hydrogens (tertiary/aromatic N) is 1. The molecule has 206 valence electrons. The van der Waals surface area contributed by atoms with Crippen LogP contribution in [0.4, 0.5) is 4.39 Å². The lowest BCUT2D eigenvalue weighted by Gasteiger charge is -2.27. The maximum absolute atomic E-state index is 13.9. The van der Waals surface area contributed by atoms with Crippen LogP contribution in [0.5, 0.6) is 11.5 Å². The number of aliphatic hydroxyl groups is 1. The van der Waals surface area contributed by atoms with E-state index in [-0.39, 0.29) is 0 Å². The third kappa shape index (κ3) is 6.29. The van der Waals surface area contributed by atoms with E-state index in [9.17, 15) is 9.50 Å². The molecule has 1 atom stereocenters. The molecule has 5 nitrogen and oxygen atoms in total. The van der Waals surface area contributed by atoms with Crippen LogP contribution in [0.3, 0.4) is 0 Å². The van der Waals surface area contributed by atoms with Gasteiger partial charge in [-0.05, 0) is 86.9 Å². The monoisotopic (exact) mass is 531 g/mol. The Morgan fingerprint density at radius 2 is 1.59 bits per heavy atom. The molecule has 0 radical (unpaired) electrons. The highest BCUT2D eigenvalue weighted by Gasteiger charge is 2.28. The molecule has 3 aromatic carbocycles. The number of alkyl halides is 1. The largest absolute Gasteiger partial charge is 0.494 e. The quantitative estimate of drug-likeness (QED) is 0.200. The Labute approximate surface area is 230 Å². The van der Waals surface area contributed by atoms with Crippen molar-refractivity contribution >= 4 is 10.9 Å². The molecule has 5 rings (SSSR count). The van der Waals surface area contributed by atoms with Gasteiger partial charge in [0.05, 0.1) is 12.3 Å². The van der Waals surface area contributed by atoms with Crippen LogP contribution in [0.25, 0.3) is 22.0 Å². The molecule has 1 aliphatic rings. The molecule has 1 fully saturated rings. The van der Waals surface area contributed by atoms with Gasteiger partial charge in [-0.25, -0.2) is 4.39 Å². The molecule has 1 aromatic heterocycles. The zero-order valence-electron chi connectivity index (χ0n) is 22.8. The van der Waals surface area contributed by atoms with Crippen LogP contribution in [0, 0.1) is 5.92 Å². The second-order valence-corrected chi connectivity index (χ2v) is 10.2. The molecule has 39 heavy (non-hydrogen) atoms. The number of aromatic nitrogens is 1. The highest BCUT2D eigenvalue weighted by Crippen LogP contribution is 2.42. The van der Waals surface area contributed by atoms with Crippen LogP contribution in [0.1, 0.15) is 57.1 Å². The predicted octanol–water partition coefficient (Wildman–Crippen LogP) is 7.84. The molecule has 1 unspecified atom stereocenters. The summed E-state index contributed by atoms with van der Waals surface area (Å²) in [5.41, 5.74) is 4.69. The predicted molar refractivity (Wildman–Crippen MR) is 153 cm³/mol. The lowest BCUT2D eigenvalue weighted by molar-refractivity contribution is -0.102. The minimum absolute atomic E-state index is 0.336. The van der Waals surface area contributed by atoms with Gasteiger partial charge in [0.15, 0.2) is 6.29 Å². The average molecular weight is 532 g/mol. The van der Waals surface area contributed by atoms with Gasteiger partial charge in [-0.2, -0.15) is 0 Å². The van der Waals surface area contributed by atoms with E-state index >= 15 is 0 Å². The normalized spacial score (nSPS) is 18.3. The van der Waals surface area contributed by atoms with E-state index in [4.69, 9.17) is 14.2 Å². The van der Waals surface area contributed by atoms with Crippen LogP contribution in [-0.2, 0) is 17.9 Å². The van der Waals surface area contributed by atoms with Crippen molar-refractivity contribution in [3.05, 3.63) is 84.1 Å². The fourth-order valence-corrected chi connectivity index (χ4v) is 5.62. The summed E-state index contributed by atoms with van der Waals surface area (Å²) in [7, 11) is 0. The Morgan fingerprint density at radius 1 is 0.872 bits per heavy atom. The maximum Gasteiger partial charge on any atom is 0.197 e. The number of fused-ring (bicyclic) bond motifs is 1. The molecule has 4 aromatic rings. The molecular formula is C33H38FNO4. The van der Waals surface area contributed by atoms with Gasteiger partial charge >= 0.3 is 0 Å². The van der Waals surface area contributed by atoms with Gasteiger partial charge in [0.2, 0.25) is 0 Å². The van der Waals surface area contributed by atoms with Crippen molar-refractivity contribution in [1.82, 2.24) is 4.57 Å². The Kier molecular flexibility index (Phi) is 8.84. The minimum atomic E-state index is -1.10. The topological polar surface area (TPSA) is 52.8 Å². The van der Waals surface area contributed by atoms with Crippen molar-refractivity contribution in [3.63, 3.8) is 0 Å². The molecule has 1 N–H and O–H groups in total. The third-order valence-corrected chi connectivity index (χ3v) is 7.55. The van der Waals surface area contributed by atoms with Crippen molar-refractivity contribution in [3.8, 4) is 22.6 Å². The summed E-state index contributed by atoms with van der Waals surface area (Å²) in [5, 5.41) is 12.3. The van der Waals surface area contributed by atoms with Crippen LogP contribution < -0.4 is 9.47 Å². The van der Waals surface area contributed by atoms with Gasteiger partial charge < -0.3 is 23.9 Å². The Morgan fingerprint density at radius 3 is 2.28 bits per heavy atom. The maximum atomic E-state index is 13.9.